The third-order valence-corrected chi connectivity index (χ3v) is 11.2. The minimum absolute atomic E-state index is 0.545. The van der Waals surface area contributed by atoms with E-state index in [1.54, 1.807) is 0 Å². The first-order valence-electron chi connectivity index (χ1n) is 19.1. The number of nitrogens with two attached hydrogens (primary N) is 2. The summed E-state index contributed by atoms with van der Waals surface area (Å²) < 4.78 is 2.30. The standard InChI is InChI=1S/C52H43N3/c1-4-15-37(54)32-47-39(5-2)33(3)46(30-31-53)55(47)38-26-24-34(25-27-38)40-28-29-45-50-41(40)22-14-23-44(50)51-48(35-16-8-6-9-17-35)42-20-12-13-21-43(42)49(52(45)51)36-18-10-7-11-19-36/h4-29,32H,2,30-31,53-54H2,1,3H3/b15-4-,37-32-. The van der Waals surface area contributed by atoms with Gasteiger partial charge in [-0.05, 0) is 127 Å². The number of aromatic nitrogens is 1. The van der Waals surface area contributed by atoms with Gasteiger partial charge in [0.15, 0.2) is 0 Å². The van der Waals surface area contributed by atoms with E-state index in [1.807, 2.05) is 31.2 Å². The van der Waals surface area contributed by atoms with Crippen molar-refractivity contribution in [3.63, 3.8) is 0 Å². The number of nitrogens with zero attached hydrogens (tertiary/aromatic N) is 1. The Bertz CT molecular complexity index is 2740. The summed E-state index contributed by atoms with van der Waals surface area (Å²) in [6.45, 7) is 8.83. The predicted molar refractivity (Wildman–Crippen MR) is 236 cm³/mol. The van der Waals surface area contributed by atoms with Crippen molar-refractivity contribution in [1.82, 2.24) is 4.57 Å². The highest BCUT2D eigenvalue weighted by molar-refractivity contribution is 6.28. The van der Waals surface area contributed by atoms with Gasteiger partial charge in [-0.2, -0.15) is 0 Å². The minimum Gasteiger partial charge on any atom is -0.399 e. The van der Waals surface area contributed by atoms with Gasteiger partial charge in [0.1, 0.15) is 0 Å². The molecule has 0 saturated carbocycles. The van der Waals surface area contributed by atoms with Gasteiger partial charge in [0.05, 0.1) is 5.69 Å². The molecule has 266 valence electrons. The first-order chi connectivity index (χ1) is 27.0. The highest BCUT2D eigenvalue weighted by atomic mass is 15.0. The third kappa shape index (κ3) is 5.47. The molecule has 0 radical (unpaired) electrons. The van der Waals surface area contributed by atoms with Gasteiger partial charge >= 0.3 is 0 Å². The van der Waals surface area contributed by atoms with Gasteiger partial charge in [-0.3, -0.25) is 0 Å². The van der Waals surface area contributed by atoms with E-state index in [1.165, 1.54) is 88.4 Å². The highest BCUT2D eigenvalue weighted by Gasteiger charge is 2.31. The van der Waals surface area contributed by atoms with Crippen molar-refractivity contribution >= 4 is 33.7 Å². The van der Waals surface area contributed by atoms with Crippen LogP contribution in [0, 0.1) is 6.92 Å². The van der Waals surface area contributed by atoms with E-state index in [-0.39, 0.29) is 0 Å². The van der Waals surface area contributed by atoms with Crippen LogP contribution in [0.3, 0.4) is 0 Å². The molecule has 3 nitrogen and oxygen atoms in total. The molecule has 1 heterocycles. The number of hydrogen-bond donors (Lipinski definition) is 2. The fraction of sp³-hybridized carbons (Fsp3) is 0.0769. The van der Waals surface area contributed by atoms with Gasteiger partial charge in [0.25, 0.3) is 0 Å². The molecule has 7 aromatic carbocycles. The normalized spacial score (nSPS) is 12.2. The Kier molecular flexibility index (Phi) is 8.65. The van der Waals surface area contributed by atoms with Crippen LogP contribution in [-0.2, 0) is 6.42 Å². The summed E-state index contributed by atoms with van der Waals surface area (Å²) in [5, 5.41) is 5.08. The summed E-state index contributed by atoms with van der Waals surface area (Å²) in [6.07, 6.45) is 8.59. The van der Waals surface area contributed by atoms with E-state index < -0.39 is 0 Å². The number of rotatable bonds is 9. The lowest BCUT2D eigenvalue weighted by molar-refractivity contribution is 0.861. The first kappa shape index (κ1) is 34.1. The average molecular weight is 710 g/mol. The van der Waals surface area contributed by atoms with Crippen LogP contribution in [0.1, 0.15) is 29.4 Å². The lowest BCUT2D eigenvalue weighted by Crippen LogP contribution is -2.10. The Labute approximate surface area is 323 Å². The molecule has 0 aliphatic heterocycles. The fourth-order valence-electron chi connectivity index (χ4n) is 8.96. The van der Waals surface area contributed by atoms with Gasteiger partial charge in [0.2, 0.25) is 0 Å². The second kappa shape index (κ2) is 13.9. The Hall–Kier alpha value is -6.68. The zero-order chi connectivity index (χ0) is 37.6. The molecule has 4 N–H and O–H groups in total. The van der Waals surface area contributed by atoms with Gasteiger partial charge in [-0.15, -0.1) is 0 Å². The molecule has 1 aliphatic rings. The van der Waals surface area contributed by atoms with Gasteiger partial charge < -0.3 is 16.0 Å². The smallest absolute Gasteiger partial charge is 0.0554 e. The van der Waals surface area contributed by atoms with Gasteiger partial charge in [-0.25, -0.2) is 0 Å². The number of benzene rings is 7. The molecule has 9 rings (SSSR count). The number of hydrogen-bond acceptors (Lipinski definition) is 2. The molecule has 3 heteroatoms. The van der Waals surface area contributed by atoms with E-state index in [2.05, 4.69) is 158 Å². The van der Waals surface area contributed by atoms with Crippen molar-refractivity contribution in [3.8, 4) is 61.3 Å². The quantitative estimate of drug-likeness (QED) is 0.147. The maximum atomic E-state index is 6.45. The molecular formula is C52H43N3. The lowest BCUT2D eigenvalue weighted by atomic mass is 9.82. The second-order valence-corrected chi connectivity index (χ2v) is 14.3. The van der Waals surface area contributed by atoms with Crippen LogP contribution >= 0.6 is 0 Å². The predicted octanol–water partition coefficient (Wildman–Crippen LogP) is 12.8. The fourth-order valence-corrected chi connectivity index (χ4v) is 8.96. The number of allylic oxidation sites excluding steroid dienone is 2. The zero-order valence-corrected chi connectivity index (χ0v) is 31.3. The topological polar surface area (TPSA) is 57.0 Å². The monoisotopic (exact) mass is 709 g/mol. The van der Waals surface area contributed by atoms with E-state index in [0.29, 0.717) is 12.2 Å². The first-order valence-corrected chi connectivity index (χ1v) is 19.1. The largest absolute Gasteiger partial charge is 0.399 e. The molecular weight excluding hydrogens is 667 g/mol. The molecule has 0 atom stereocenters. The third-order valence-electron chi connectivity index (χ3n) is 11.2. The van der Waals surface area contributed by atoms with Crippen LogP contribution in [0.2, 0.25) is 0 Å². The molecule has 0 fully saturated rings. The van der Waals surface area contributed by atoms with Crippen molar-refractivity contribution < 1.29 is 0 Å². The Morgan fingerprint density at radius 1 is 0.618 bits per heavy atom. The average Bonchev–Trinajstić information content (AvgIpc) is 3.69. The summed E-state index contributed by atoms with van der Waals surface area (Å²) in [6, 6.07) is 51.2. The van der Waals surface area contributed by atoms with E-state index >= 15 is 0 Å². The number of fused-ring (bicyclic) bond motifs is 4. The van der Waals surface area contributed by atoms with Gasteiger partial charge in [-0.1, -0.05) is 146 Å². The van der Waals surface area contributed by atoms with Crippen molar-refractivity contribution in [3.05, 3.63) is 186 Å². The molecule has 0 bridgehead atoms. The van der Waals surface area contributed by atoms with Crippen LogP contribution in [0.15, 0.2) is 164 Å². The Balaban J connectivity index is 1.26. The maximum Gasteiger partial charge on any atom is 0.0554 e. The SMILES string of the molecule is C=Cc1c(C)c(CCN)n(-c2ccc(-c3ccc4c5c(cccc35)-c3c-4c(-c4ccccc4)c4ccccc4c3-c3ccccc3)cc2)c1/C=C(N)/C=C\C. The van der Waals surface area contributed by atoms with Crippen LogP contribution in [-0.4, -0.2) is 11.1 Å². The molecule has 0 spiro atoms. The maximum absolute atomic E-state index is 6.45. The Morgan fingerprint density at radius 2 is 1.18 bits per heavy atom. The molecule has 8 aromatic rings. The lowest BCUT2D eigenvalue weighted by Gasteiger charge is -2.20. The summed E-state index contributed by atoms with van der Waals surface area (Å²) >= 11 is 0. The van der Waals surface area contributed by atoms with Crippen molar-refractivity contribution in [2.45, 2.75) is 20.3 Å². The molecule has 1 aromatic heterocycles. The Morgan fingerprint density at radius 3 is 1.76 bits per heavy atom. The molecule has 0 amide bonds. The van der Waals surface area contributed by atoms with E-state index in [9.17, 15) is 0 Å². The van der Waals surface area contributed by atoms with Crippen molar-refractivity contribution in [2.75, 3.05) is 6.54 Å². The minimum atomic E-state index is 0.545. The summed E-state index contributed by atoms with van der Waals surface area (Å²) in [4.78, 5) is 0. The summed E-state index contributed by atoms with van der Waals surface area (Å²) in [5.41, 5.74) is 31.4. The van der Waals surface area contributed by atoms with E-state index in [4.69, 9.17) is 11.5 Å². The second-order valence-electron chi connectivity index (χ2n) is 14.3. The van der Waals surface area contributed by atoms with E-state index in [0.717, 1.165) is 23.4 Å². The summed E-state index contributed by atoms with van der Waals surface area (Å²) in [7, 11) is 0. The zero-order valence-electron chi connectivity index (χ0n) is 31.3. The highest BCUT2D eigenvalue weighted by Crippen LogP contribution is 2.58. The van der Waals surface area contributed by atoms with Crippen LogP contribution < -0.4 is 11.5 Å². The molecule has 0 unspecified atom stereocenters. The van der Waals surface area contributed by atoms with Crippen molar-refractivity contribution in [2.24, 2.45) is 11.5 Å². The van der Waals surface area contributed by atoms with Gasteiger partial charge in [0, 0.05) is 29.1 Å². The molecule has 0 saturated heterocycles. The summed E-state index contributed by atoms with van der Waals surface area (Å²) in [5.74, 6) is 0. The van der Waals surface area contributed by atoms with Crippen LogP contribution in [0.5, 0.6) is 0 Å². The van der Waals surface area contributed by atoms with Crippen molar-refractivity contribution in [1.29, 1.82) is 0 Å². The van der Waals surface area contributed by atoms with Crippen LogP contribution in [0.4, 0.5) is 0 Å². The molecule has 1 aliphatic carbocycles. The van der Waals surface area contributed by atoms with Crippen LogP contribution in [0.25, 0.3) is 95.0 Å². The molecule has 55 heavy (non-hydrogen) atoms.